The Morgan fingerprint density at radius 2 is 2.07 bits per heavy atom. The van der Waals surface area contributed by atoms with Gasteiger partial charge in [0, 0.05) is 44.2 Å². The summed E-state index contributed by atoms with van der Waals surface area (Å²) in [5, 5.41) is 8.49. The number of amides is 1. The van der Waals surface area contributed by atoms with Crippen LogP contribution < -0.4 is 19.7 Å². The van der Waals surface area contributed by atoms with Gasteiger partial charge in [0.05, 0.1) is 34.8 Å². The molecular weight excluding hydrogens is 572 g/mol. The van der Waals surface area contributed by atoms with Crippen LogP contribution in [0.15, 0.2) is 73.5 Å². The molecule has 0 saturated heterocycles. The highest BCUT2D eigenvalue weighted by atomic mass is 35.5. The van der Waals surface area contributed by atoms with E-state index in [1.165, 1.54) is 12.7 Å². The number of nitrogens with one attached hydrogen (secondary N) is 1. The number of rotatable bonds is 10. The predicted molar refractivity (Wildman–Crippen MR) is 164 cm³/mol. The third kappa shape index (κ3) is 6.21. The van der Waals surface area contributed by atoms with Crippen LogP contribution in [0.25, 0.3) is 16.6 Å². The summed E-state index contributed by atoms with van der Waals surface area (Å²) in [7, 11) is 3.65. The molecule has 0 fully saturated rings. The first kappa shape index (κ1) is 28.3. The maximum atomic E-state index is 13.2. The molecule has 4 heterocycles. The molecule has 0 radical (unpaired) electrons. The number of ether oxygens (including phenoxy) is 3. The summed E-state index contributed by atoms with van der Waals surface area (Å²) < 4.78 is 18.8. The van der Waals surface area contributed by atoms with Crippen molar-refractivity contribution >= 4 is 51.3 Å². The lowest BCUT2D eigenvalue weighted by atomic mass is 10.1. The van der Waals surface area contributed by atoms with Crippen LogP contribution in [-0.2, 0) is 9.53 Å². The number of methoxy groups -OCH3 is 1. The van der Waals surface area contributed by atoms with Crippen LogP contribution in [0.3, 0.4) is 0 Å². The quantitative estimate of drug-likeness (QED) is 0.225. The molecule has 5 aromatic rings. The predicted octanol–water partition coefficient (Wildman–Crippen LogP) is 4.72. The number of aromatic nitrogens is 5. The molecule has 0 saturated carbocycles. The van der Waals surface area contributed by atoms with Gasteiger partial charge >= 0.3 is 0 Å². The average molecular weight is 601 g/mol. The van der Waals surface area contributed by atoms with E-state index in [-0.39, 0.29) is 5.91 Å². The fourth-order valence-electron chi connectivity index (χ4n) is 4.70. The Kier molecular flexibility index (Phi) is 8.31. The van der Waals surface area contributed by atoms with Gasteiger partial charge in [-0.3, -0.25) is 4.79 Å². The Bertz CT molecular complexity index is 1810. The Labute approximate surface area is 252 Å². The van der Waals surface area contributed by atoms with Crippen LogP contribution >= 0.6 is 11.6 Å². The summed E-state index contributed by atoms with van der Waals surface area (Å²) >= 11 is 6.60. The van der Waals surface area contributed by atoms with E-state index in [2.05, 4.69) is 30.3 Å². The lowest BCUT2D eigenvalue weighted by molar-refractivity contribution is -0.114. The van der Waals surface area contributed by atoms with Gasteiger partial charge in [-0.15, -0.1) is 0 Å². The number of carbonyl (C=O) groups excluding carboxylic acids is 1. The molecule has 43 heavy (non-hydrogen) atoms. The lowest BCUT2D eigenvalue weighted by Crippen LogP contribution is -2.37. The molecular formula is C30H29ClN8O4. The van der Waals surface area contributed by atoms with Crippen molar-refractivity contribution in [3.8, 4) is 17.2 Å². The standard InChI is InChI=1S/C30H29ClN8O4/c1-37(12-14-41-2)10-3-4-27(40)38-13-15-42-29-24(38)7-6-23-28(29)30(34-18-32-23)36-20-5-8-25(22(31)16-20)43-21-9-11-39-26(17-21)33-19-35-39/h3-9,11,16-19H,10,12-15H2,1-2H3,(H,32,34,36)/b4-3+. The molecule has 1 amide bonds. The second-order valence-electron chi connectivity index (χ2n) is 9.82. The number of nitrogens with zero attached hydrogens (tertiary/aromatic N) is 7. The number of hydrogen-bond donors (Lipinski definition) is 1. The third-order valence-electron chi connectivity index (χ3n) is 6.88. The Balaban J connectivity index is 1.23. The molecule has 0 spiro atoms. The normalized spacial score (nSPS) is 13.1. The molecule has 3 aromatic heterocycles. The minimum Gasteiger partial charge on any atom is -0.489 e. The number of halogens is 1. The SMILES string of the molecule is COCCN(C)C/C=C/C(=O)N1CCOc2c1ccc1ncnc(Nc3ccc(Oc4ccn5ncnc5c4)c(Cl)c3)c21. The van der Waals surface area contributed by atoms with E-state index in [0.717, 1.165) is 6.54 Å². The van der Waals surface area contributed by atoms with Gasteiger partial charge in [-0.05, 0) is 43.4 Å². The van der Waals surface area contributed by atoms with Gasteiger partial charge in [-0.2, -0.15) is 5.10 Å². The Hall–Kier alpha value is -4.78. The molecule has 6 rings (SSSR count). The summed E-state index contributed by atoms with van der Waals surface area (Å²) in [6.07, 6.45) is 8.17. The van der Waals surface area contributed by atoms with Crippen molar-refractivity contribution in [2.24, 2.45) is 0 Å². The summed E-state index contributed by atoms with van der Waals surface area (Å²) in [6.45, 7) is 2.81. The van der Waals surface area contributed by atoms with Crippen molar-refractivity contribution in [3.63, 3.8) is 0 Å². The van der Waals surface area contributed by atoms with Crippen molar-refractivity contribution in [2.45, 2.75) is 0 Å². The van der Waals surface area contributed by atoms with Gasteiger partial charge in [-0.25, -0.2) is 19.5 Å². The zero-order chi connectivity index (χ0) is 29.8. The van der Waals surface area contributed by atoms with E-state index < -0.39 is 0 Å². The minimum atomic E-state index is -0.124. The first-order valence-corrected chi connectivity index (χ1v) is 14.0. The number of benzene rings is 2. The second-order valence-corrected chi connectivity index (χ2v) is 10.2. The summed E-state index contributed by atoms with van der Waals surface area (Å²) in [4.78, 5) is 30.1. The number of anilines is 3. The summed E-state index contributed by atoms with van der Waals surface area (Å²) in [5.74, 6) is 2.01. The molecule has 0 atom stereocenters. The lowest BCUT2D eigenvalue weighted by Gasteiger charge is -2.30. The van der Waals surface area contributed by atoms with E-state index in [0.29, 0.717) is 82.3 Å². The number of carbonyl (C=O) groups is 1. The highest BCUT2D eigenvalue weighted by molar-refractivity contribution is 6.32. The van der Waals surface area contributed by atoms with Gasteiger partial charge in [0.1, 0.15) is 36.6 Å². The molecule has 13 heteroatoms. The van der Waals surface area contributed by atoms with Crippen molar-refractivity contribution in [2.75, 3.05) is 57.2 Å². The Morgan fingerprint density at radius 1 is 1.16 bits per heavy atom. The monoisotopic (exact) mass is 600 g/mol. The van der Waals surface area contributed by atoms with Crippen LogP contribution in [-0.4, -0.2) is 82.4 Å². The van der Waals surface area contributed by atoms with Crippen molar-refractivity contribution in [1.82, 2.24) is 29.5 Å². The number of pyridine rings is 1. The van der Waals surface area contributed by atoms with E-state index in [9.17, 15) is 4.79 Å². The first-order valence-electron chi connectivity index (χ1n) is 13.6. The van der Waals surface area contributed by atoms with Crippen LogP contribution in [0, 0.1) is 0 Å². The van der Waals surface area contributed by atoms with Gasteiger partial charge in [0.15, 0.2) is 11.4 Å². The average Bonchev–Trinajstić information content (AvgIpc) is 3.49. The molecule has 220 valence electrons. The second kappa shape index (κ2) is 12.6. The highest BCUT2D eigenvalue weighted by Gasteiger charge is 2.26. The minimum absolute atomic E-state index is 0.124. The Morgan fingerprint density at radius 3 is 2.93 bits per heavy atom. The maximum Gasteiger partial charge on any atom is 0.250 e. The number of hydrogen-bond acceptors (Lipinski definition) is 10. The molecule has 0 aliphatic carbocycles. The highest BCUT2D eigenvalue weighted by Crippen LogP contribution is 2.42. The molecule has 1 aliphatic rings. The molecule has 12 nitrogen and oxygen atoms in total. The fourth-order valence-corrected chi connectivity index (χ4v) is 4.92. The molecule has 2 aromatic carbocycles. The molecule has 1 N–H and O–H groups in total. The molecule has 0 bridgehead atoms. The van der Waals surface area contributed by atoms with Gasteiger partial charge in [-0.1, -0.05) is 17.7 Å². The van der Waals surface area contributed by atoms with Crippen LogP contribution in [0.5, 0.6) is 17.2 Å². The number of fused-ring (bicyclic) bond motifs is 4. The van der Waals surface area contributed by atoms with Crippen molar-refractivity contribution < 1.29 is 19.0 Å². The molecule has 0 unspecified atom stereocenters. The van der Waals surface area contributed by atoms with Crippen LogP contribution in [0.1, 0.15) is 0 Å². The van der Waals surface area contributed by atoms with E-state index in [1.54, 1.807) is 53.1 Å². The zero-order valence-electron chi connectivity index (χ0n) is 23.6. The van der Waals surface area contributed by atoms with E-state index in [4.69, 9.17) is 25.8 Å². The summed E-state index contributed by atoms with van der Waals surface area (Å²) in [6, 6.07) is 12.6. The smallest absolute Gasteiger partial charge is 0.250 e. The van der Waals surface area contributed by atoms with Gasteiger partial charge in [0.2, 0.25) is 0 Å². The van der Waals surface area contributed by atoms with E-state index >= 15 is 0 Å². The van der Waals surface area contributed by atoms with Gasteiger partial charge < -0.3 is 29.3 Å². The largest absolute Gasteiger partial charge is 0.489 e. The number of likely N-dealkylation sites (N-methyl/N-ethyl adjacent to an activating group) is 1. The van der Waals surface area contributed by atoms with Crippen molar-refractivity contribution in [3.05, 3.63) is 78.5 Å². The van der Waals surface area contributed by atoms with Crippen LogP contribution in [0.4, 0.5) is 17.2 Å². The fraction of sp³-hybridized carbons (Fsp3) is 0.233. The zero-order valence-corrected chi connectivity index (χ0v) is 24.4. The maximum absolute atomic E-state index is 13.2. The van der Waals surface area contributed by atoms with Gasteiger partial charge in [0.25, 0.3) is 5.91 Å². The van der Waals surface area contributed by atoms with Crippen LogP contribution in [0.2, 0.25) is 5.02 Å². The topological polar surface area (TPSA) is 119 Å². The first-order chi connectivity index (χ1) is 21.0. The van der Waals surface area contributed by atoms with E-state index in [1.807, 2.05) is 31.3 Å². The summed E-state index contributed by atoms with van der Waals surface area (Å²) in [5.41, 5.74) is 2.68. The third-order valence-corrected chi connectivity index (χ3v) is 7.18. The molecule has 1 aliphatic heterocycles. The van der Waals surface area contributed by atoms with Crippen molar-refractivity contribution in [1.29, 1.82) is 0 Å².